The number of nitrogens with one attached hydrogen (secondary N) is 1. The number of rotatable bonds is 6. The first kappa shape index (κ1) is 13.3. The summed E-state index contributed by atoms with van der Waals surface area (Å²) in [5.74, 6) is 0.723. The lowest BCUT2D eigenvalue weighted by Crippen LogP contribution is -2.49. The quantitative estimate of drug-likeness (QED) is 0.740. The van der Waals surface area contributed by atoms with Gasteiger partial charge in [0.1, 0.15) is 0 Å². The van der Waals surface area contributed by atoms with Gasteiger partial charge in [0.05, 0.1) is 6.61 Å². The molecule has 2 saturated carbocycles. The van der Waals surface area contributed by atoms with E-state index in [2.05, 4.69) is 31.1 Å². The normalized spacial score (nSPS) is 33.9. The maximum atomic E-state index is 9.69. The van der Waals surface area contributed by atoms with Crippen LogP contribution in [-0.4, -0.2) is 47.8 Å². The van der Waals surface area contributed by atoms with Gasteiger partial charge in [-0.1, -0.05) is 13.8 Å². The van der Waals surface area contributed by atoms with Crippen LogP contribution in [0.2, 0.25) is 0 Å². The van der Waals surface area contributed by atoms with E-state index in [0.29, 0.717) is 18.7 Å². The SMILES string of the molecule is CC(C)CN(C)C1CCC(CO)(NC2CC2)C1. The van der Waals surface area contributed by atoms with Crippen LogP contribution in [0.25, 0.3) is 0 Å². The van der Waals surface area contributed by atoms with E-state index >= 15 is 0 Å². The Labute approximate surface area is 106 Å². The highest BCUT2D eigenvalue weighted by atomic mass is 16.3. The van der Waals surface area contributed by atoms with Crippen LogP contribution in [0.3, 0.4) is 0 Å². The Morgan fingerprint density at radius 1 is 1.35 bits per heavy atom. The Bertz CT molecular complexity index is 253. The zero-order chi connectivity index (χ0) is 12.5. The van der Waals surface area contributed by atoms with Crippen molar-refractivity contribution in [3.8, 4) is 0 Å². The molecule has 2 fully saturated rings. The van der Waals surface area contributed by atoms with E-state index in [4.69, 9.17) is 0 Å². The number of hydrogen-bond acceptors (Lipinski definition) is 3. The zero-order valence-corrected chi connectivity index (χ0v) is 11.6. The van der Waals surface area contributed by atoms with Gasteiger partial charge in [-0.25, -0.2) is 0 Å². The number of hydrogen-bond donors (Lipinski definition) is 2. The minimum atomic E-state index is 0.0249. The first-order valence-corrected chi connectivity index (χ1v) is 7.13. The summed E-state index contributed by atoms with van der Waals surface area (Å²) in [6.07, 6.45) is 6.07. The third-order valence-electron chi connectivity index (χ3n) is 4.25. The van der Waals surface area contributed by atoms with E-state index in [1.54, 1.807) is 0 Å². The lowest BCUT2D eigenvalue weighted by Gasteiger charge is -2.31. The summed E-state index contributed by atoms with van der Waals surface area (Å²) in [6, 6.07) is 1.34. The number of aliphatic hydroxyl groups is 1. The van der Waals surface area contributed by atoms with E-state index in [-0.39, 0.29) is 5.54 Å². The molecule has 0 heterocycles. The zero-order valence-electron chi connectivity index (χ0n) is 11.6. The van der Waals surface area contributed by atoms with E-state index in [9.17, 15) is 5.11 Å². The van der Waals surface area contributed by atoms with Crippen LogP contribution >= 0.6 is 0 Å². The van der Waals surface area contributed by atoms with Gasteiger partial charge in [0, 0.05) is 24.2 Å². The topological polar surface area (TPSA) is 35.5 Å². The molecule has 0 aliphatic heterocycles. The molecule has 100 valence electrons. The van der Waals surface area contributed by atoms with Gasteiger partial charge in [0.2, 0.25) is 0 Å². The summed E-state index contributed by atoms with van der Waals surface area (Å²) in [6.45, 7) is 6.01. The smallest absolute Gasteiger partial charge is 0.0614 e. The maximum Gasteiger partial charge on any atom is 0.0614 e. The summed E-state index contributed by atoms with van der Waals surface area (Å²) >= 11 is 0. The van der Waals surface area contributed by atoms with Crippen molar-refractivity contribution in [3.63, 3.8) is 0 Å². The molecule has 0 spiro atoms. The van der Waals surface area contributed by atoms with E-state index < -0.39 is 0 Å². The minimum absolute atomic E-state index is 0.0249. The average molecular weight is 240 g/mol. The van der Waals surface area contributed by atoms with Crippen molar-refractivity contribution in [2.45, 2.75) is 63.6 Å². The molecule has 0 aromatic carbocycles. The van der Waals surface area contributed by atoms with E-state index in [0.717, 1.165) is 25.3 Å². The molecule has 0 radical (unpaired) electrons. The fraction of sp³-hybridized carbons (Fsp3) is 1.00. The molecule has 0 aromatic rings. The molecule has 0 amide bonds. The molecule has 0 saturated heterocycles. The van der Waals surface area contributed by atoms with Crippen LogP contribution in [0, 0.1) is 5.92 Å². The van der Waals surface area contributed by atoms with Crippen molar-refractivity contribution < 1.29 is 5.11 Å². The van der Waals surface area contributed by atoms with Crippen LogP contribution in [0.1, 0.15) is 46.0 Å². The second kappa shape index (κ2) is 5.25. The van der Waals surface area contributed by atoms with Crippen molar-refractivity contribution in [2.75, 3.05) is 20.2 Å². The lowest BCUT2D eigenvalue weighted by atomic mass is 9.98. The molecule has 2 N–H and O–H groups in total. The summed E-state index contributed by atoms with van der Waals surface area (Å²) < 4.78 is 0. The number of nitrogens with zero attached hydrogens (tertiary/aromatic N) is 1. The molecule has 2 aliphatic rings. The van der Waals surface area contributed by atoms with Crippen molar-refractivity contribution >= 4 is 0 Å². The molecular formula is C14H28N2O. The monoisotopic (exact) mass is 240 g/mol. The van der Waals surface area contributed by atoms with Gasteiger partial charge in [-0.3, -0.25) is 0 Å². The summed E-state index contributed by atoms with van der Waals surface area (Å²) in [7, 11) is 2.23. The van der Waals surface area contributed by atoms with Crippen LogP contribution in [0.15, 0.2) is 0 Å². The first-order chi connectivity index (χ1) is 8.04. The lowest BCUT2D eigenvalue weighted by molar-refractivity contribution is 0.145. The van der Waals surface area contributed by atoms with Crippen LogP contribution in [-0.2, 0) is 0 Å². The van der Waals surface area contributed by atoms with Gasteiger partial charge in [0.25, 0.3) is 0 Å². The van der Waals surface area contributed by atoms with Gasteiger partial charge >= 0.3 is 0 Å². The van der Waals surface area contributed by atoms with E-state index in [1.807, 2.05) is 0 Å². The Kier molecular flexibility index (Phi) is 4.11. The van der Waals surface area contributed by atoms with Crippen LogP contribution < -0.4 is 5.32 Å². The second-order valence-electron chi connectivity index (χ2n) is 6.59. The predicted octanol–water partition coefficient (Wildman–Crippen LogP) is 1.61. The van der Waals surface area contributed by atoms with Crippen molar-refractivity contribution in [2.24, 2.45) is 5.92 Å². The molecule has 2 aliphatic carbocycles. The van der Waals surface area contributed by atoms with Gasteiger partial charge in [0.15, 0.2) is 0 Å². The molecular weight excluding hydrogens is 212 g/mol. The third kappa shape index (κ3) is 3.43. The Balaban J connectivity index is 1.87. The standard InChI is InChI=1S/C14H28N2O/c1-11(2)9-16(3)13-6-7-14(8-13,10-17)15-12-4-5-12/h11-13,15,17H,4-10H2,1-3H3. The Morgan fingerprint density at radius 2 is 2.06 bits per heavy atom. The fourth-order valence-electron chi connectivity index (χ4n) is 3.18. The number of aliphatic hydroxyl groups excluding tert-OH is 1. The molecule has 2 atom stereocenters. The summed E-state index contributed by atoms with van der Waals surface area (Å²) in [4.78, 5) is 2.48. The van der Waals surface area contributed by atoms with Crippen LogP contribution in [0.4, 0.5) is 0 Å². The van der Waals surface area contributed by atoms with Crippen molar-refractivity contribution in [1.29, 1.82) is 0 Å². The van der Waals surface area contributed by atoms with Gasteiger partial charge < -0.3 is 15.3 Å². The molecule has 0 aromatic heterocycles. The van der Waals surface area contributed by atoms with Crippen LogP contribution in [0.5, 0.6) is 0 Å². The summed E-state index contributed by atoms with van der Waals surface area (Å²) in [5.41, 5.74) is 0.0249. The Morgan fingerprint density at radius 3 is 2.59 bits per heavy atom. The molecule has 2 rings (SSSR count). The minimum Gasteiger partial charge on any atom is -0.394 e. The average Bonchev–Trinajstić information content (AvgIpc) is 2.95. The van der Waals surface area contributed by atoms with E-state index in [1.165, 1.54) is 19.3 Å². The summed E-state index contributed by atoms with van der Waals surface area (Å²) in [5, 5.41) is 13.4. The molecule has 3 heteroatoms. The second-order valence-corrected chi connectivity index (χ2v) is 6.59. The molecule has 17 heavy (non-hydrogen) atoms. The highest BCUT2D eigenvalue weighted by Crippen LogP contribution is 2.35. The highest BCUT2D eigenvalue weighted by molar-refractivity contribution is 5.02. The first-order valence-electron chi connectivity index (χ1n) is 7.13. The Hall–Kier alpha value is -0.120. The predicted molar refractivity (Wildman–Crippen MR) is 71.1 cm³/mol. The molecule has 3 nitrogen and oxygen atoms in total. The molecule has 2 unspecified atom stereocenters. The van der Waals surface area contributed by atoms with Gasteiger partial charge in [-0.05, 0) is 45.1 Å². The van der Waals surface area contributed by atoms with Crippen molar-refractivity contribution in [3.05, 3.63) is 0 Å². The fourth-order valence-corrected chi connectivity index (χ4v) is 3.18. The molecule has 0 bridgehead atoms. The van der Waals surface area contributed by atoms with Gasteiger partial charge in [-0.15, -0.1) is 0 Å². The van der Waals surface area contributed by atoms with Crippen molar-refractivity contribution in [1.82, 2.24) is 10.2 Å². The highest BCUT2D eigenvalue weighted by Gasteiger charge is 2.42. The maximum absolute atomic E-state index is 9.69. The largest absolute Gasteiger partial charge is 0.394 e. The van der Waals surface area contributed by atoms with Gasteiger partial charge in [-0.2, -0.15) is 0 Å². The third-order valence-corrected chi connectivity index (χ3v) is 4.25.